The van der Waals surface area contributed by atoms with Crippen molar-refractivity contribution in [3.63, 3.8) is 0 Å². The monoisotopic (exact) mass is 264 g/mol. The lowest BCUT2D eigenvalue weighted by molar-refractivity contribution is -0.149. The van der Waals surface area contributed by atoms with Gasteiger partial charge in [-0.25, -0.2) is 0 Å². The molecule has 0 amide bonds. The molecule has 0 saturated heterocycles. The zero-order chi connectivity index (χ0) is 13.7. The fourth-order valence-corrected chi connectivity index (χ4v) is 3.02. The van der Waals surface area contributed by atoms with E-state index in [0.717, 1.165) is 37.8 Å². The van der Waals surface area contributed by atoms with E-state index in [2.05, 4.69) is 5.10 Å². The maximum absolute atomic E-state index is 12.6. The van der Waals surface area contributed by atoms with Gasteiger partial charge in [0.05, 0.1) is 0 Å². The van der Waals surface area contributed by atoms with Gasteiger partial charge in [-0.2, -0.15) is 5.10 Å². The Labute approximate surface area is 115 Å². The minimum absolute atomic E-state index is 0.273. The lowest BCUT2D eigenvalue weighted by atomic mass is 9.80. The van der Waals surface area contributed by atoms with Crippen molar-refractivity contribution in [2.24, 2.45) is 7.05 Å². The number of Topliss-reactive ketones (excluding diaryl/α,β-unsaturated/α-hetero) is 1. The number of aromatic nitrogens is 2. The van der Waals surface area contributed by atoms with Crippen molar-refractivity contribution < 1.29 is 9.53 Å². The number of carbonyl (C=O) groups is 1. The van der Waals surface area contributed by atoms with Crippen molar-refractivity contribution in [2.75, 3.05) is 6.61 Å². The maximum Gasteiger partial charge on any atom is 0.165 e. The van der Waals surface area contributed by atoms with E-state index in [0.29, 0.717) is 13.0 Å². The summed E-state index contributed by atoms with van der Waals surface area (Å²) in [6.07, 6.45) is 8.32. The van der Waals surface area contributed by atoms with E-state index in [4.69, 9.17) is 4.74 Å². The lowest BCUT2D eigenvalue weighted by Gasteiger charge is -2.35. The van der Waals surface area contributed by atoms with Crippen LogP contribution in [0.2, 0.25) is 0 Å². The quantitative estimate of drug-likeness (QED) is 0.793. The molecular weight excluding hydrogens is 240 g/mol. The van der Waals surface area contributed by atoms with Crippen LogP contribution in [0.15, 0.2) is 12.3 Å². The van der Waals surface area contributed by atoms with Gasteiger partial charge in [0.25, 0.3) is 0 Å². The van der Waals surface area contributed by atoms with Crippen molar-refractivity contribution in [2.45, 2.75) is 57.5 Å². The van der Waals surface area contributed by atoms with Crippen molar-refractivity contribution in [3.05, 3.63) is 18.0 Å². The third kappa shape index (κ3) is 3.24. The zero-order valence-electron chi connectivity index (χ0n) is 12.0. The van der Waals surface area contributed by atoms with E-state index < -0.39 is 5.60 Å². The molecule has 0 unspecified atom stereocenters. The molecular formula is C15H24N2O2. The van der Waals surface area contributed by atoms with Crippen molar-refractivity contribution in [1.82, 2.24) is 9.78 Å². The van der Waals surface area contributed by atoms with Crippen LogP contribution in [-0.2, 0) is 23.0 Å². The fraction of sp³-hybridized carbons (Fsp3) is 0.733. The first kappa shape index (κ1) is 14.3. The standard InChI is InChI=1S/C15H24N2O2/c1-3-19-15(10-5-4-6-11-15)14(18)8-7-13-9-12-16-17(13)2/h9,12H,3-8,10-11H2,1-2H3. The zero-order valence-corrected chi connectivity index (χ0v) is 12.0. The highest BCUT2D eigenvalue weighted by Crippen LogP contribution is 2.33. The molecule has 2 rings (SSSR count). The van der Waals surface area contributed by atoms with Gasteiger partial charge in [-0.05, 0) is 32.3 Å². The second-order valence-corrected chi connectivity index (χ2v) is 5.36. The van der Waals surface area contributed by atoms with E-state index in [-0.39, 0.29) is 5.78 Å². The molecule has 0 aromatic carbocycles. The smallest absolute Gasteiger partial charge is 0.165 e. The lowest BCUT2D eigenvalue weighted by Crippen LogP contribution is -2.43. The SMILES string of the molecule is CCOC1(C(=O)CCc2ccnn2C)CCCCC1. The van der Waals surface area contributed by atoms with Gasteiger partial charge in [-0.15, -0.1) is 0 Å². The van der Waals surface area contributed by atoms with Gasteiger partial charge in [0.2, 0.25) is 0 Å². The Morgan fingerprint density at radius 1 is 1.42 bits per heavy atom. The largest absolute Gasteiger partial charge is 0.368 e. The number of ketones is 1. The summed E-state index contributed by atoms with van der Waals surface area (Å²) in [4.78, 5) is 12.6. The fourth-order valence-electron chi connectivity index (χ4n) is 3.02. The molecule has 1 aromatic rings. The highest BCUT2D eigenvalue weighted by atomic mass is 16.5. The summed E-state index contributed by atoms with van der Waals surface area (Å²) in [5.74, 6) is 0.273. The summed E-state index contributed by atoms with van der Waals surface area (Å²) in [5, 5.41) is 4.13. The van der Waals surface area contributed by atoms with Gasteiger partial charge in [0.15, 0.2) is 5.78 Å². The molecule has 0 N–H and O–H groups in total. The molecule has 4 nitrogen and oxygen atoms in total. The van der Waals surface area contributed by atoms with Crippen molar-refractivity contribution in [1.29, 1.82) is 0 Å². The predicted octanol–water partition coefficient (Wildman–Crippen LogP) is 2.66. The number of hydrogen-bond acceptors (Lipinski definition) is 3. The summed E-state index contributed by atoms with van der Waals surface area (Å²) in [5.41, 5.74) is 0.613. The molecule has 106 valence electrons. The van der Waals surface area contributed by atoms with Crippen LogP contribution in [0.25, 0.3) is 0 Å². The van der Waals surface area contributed by atoms with Gasteiger partial charge in [-0.3, -0.25) is 9.48 Å². The number of rotatable bonds is 6. The molecule has 1 heterocycles. The van der Waals surface area contributed by atoms with Gasteiger partial charge >= 0.3 is 0 Å². The Morgan fingerprint density at radius 2 is 2.16 bits per heavy atom. The summed E-state index contributed by atoms with van der Waals surface area (Å²) in [6.45, 7) is 2.60. The van der Waals surface area contributed by atoms with Gasteiger partial charge in [0, 0.05) is 32.0 Å². The van der Waals surface area contributed by atoms with Crippen LogP contribution in [0, 0.1) is 0 Å². The van der Waals surface area contributed by atoms with Gasteiger partial charge in [0.1, 0.15) is 5.60 Å². The average molecular weight is 264 g/mol. The molecule has 1 aromatic heterocycles. The van der Waals surface area contributed by atoms with Crippen molar-refractivity contribution in [3.8, 4) is 0 Å². The molecule has 1 aliphatic rings. The van der Waals surface area contributed by atoms with Crippen LogP contribution in [0.1, 0.15) is 51.1 Å². The topological polar surface area (TPSA) is 44.1 Å². The summed E-state index contributed by atoms with van der Waals surface area (Å²) >= 11 is 0. The highest BCUT2D eigenvalue weighted by Gasteiger charge is 2.39. The first-order valence-corrected chi connectivity index (χ1v) is 7.32. The number of carbonyl (C=O) groups excluding carboxylic acids is 1. The number of aryl methyl sites for hydroxylation is 2. The molecule has 0 atom stereocenters. The first-order valence-electron chi connectivity index (χ1n) is 7.32. The number of hydrogen-bond donors (Lipinski definition) is 0. The highest BCUT2D eigenvalue weighted by molar-refractivity contribution is 5.87. The Kier molecular flexibility index (Phi) is 4.75. The Bertz CT molecular complexity index is 414. The first-order chi connectivity index (χ1) is 9.18. The van der Waals surface area contributed by atoms with Crippen LogP contribution in [0.5, 0.6) is 0 Å². The molecule has 0 aliphatic heterocycles. The number of nitrogens with zero attached hydrogens (tertiary/aromatic N) is 2. The third-order valence-electron chi connectivity index (χ3n) is 4.12. The second kappa shape index (κ2) is 6.33. The maximum atomic E-state index is 12.6. The van der Waals surface area contributed by atoms with E-state index in [1.54, 1.807) is 6.20 Å². The van der Waals surface area contributed by atoms with E-state index >= 15 is 0 Å². The second-order valence-electron chi connectivity index (χ2n) is 5.36. The molecule has 19 heavy (non-hydrogen) atoms. The molecule has 0 spiro atoms. The summed E-state index contributed by atoms with van der Waals surface area (Å²) in [7, 11) is 1.92. The van der Waals surface area contributed by atoms with Gasteiger partial charge in [-0.1, -0.05) is 19.3 Å². The molecule has 1 aliphatic carbocycles. The molecule has 4 heteroatoms. The Balaban J connectivity index is 1.97. The van der Waals surface area contributed by atoms with Crippen LogP contribution < -0.4 is 0 Å². The van der Waals surface area contributed by atoms with Crippen LogP contribution in [0.3, 0.4) is 0 Å². The minimum atomic E-state index is -0.494. The summed E-state index contributed by atoms with van der Waals surface area (Å²) in [6, 6.07) is 1.97. The van der Waals surface area contributed by atoms with Crippen LogP contribution >= 0.6 is 0 Å². The normalized spacial score (nSPS) is 18.4. The Morgan fingerprint density at radius 3 is 2.74 bits per heavy atom. The van der Waals surface area contributed by atoms with Crippen LogP contribution in [-0.4, -0.2) is 27.8 Å². The molecule has 0 bridgehead atoms. The van der Waals surface area contributed by atoms with E-state index in [9.17, 15) is 4.79 Å². The average Bonchev–Trinajstić information content (AvgIpc) is 2.83. The predicted molar refractivity (Wildman–Crippen MR) is 74.0 cm³/mol. The van der Waals surface area contributed by atoms with Crippen LogP contribution in [0.4, 0.5) is 0 Å². The molecule has 1 saturated carbocycles. The van der Waals surface area contributed by atoms with Crippen molar-refractivity contribution >= 4 is 5.78 Å². The minimum Gasteiger partial charge on any atom is -0.368 e. The molecule has 0 radical (unpaired) electrons. The van der Waals surface area contributed by atoms with E-state index in [1.165, 1.54) is 6.42 Å². The summed E-state index contributed by atoms with van der Waals surface area (Å²) < 4.78 is 7.70. The number of ether oxygens (including phenoxy) is 1. The van der Waals surface area contributed by atoms with Gasteiger partial charge < -0.3 is 4.74 Å². The molecule has 1 fully saturated rings. The Hall–Kier alpha value is -1.16. The third-order valence-corrected chi connectivity index (χ3v) is 4.12. The van der Waals surface area contributed by atoms with E-state index in [1.807, 2.05) is 24.7 Å².